The molecule has 1 N–H and O–H groups in total. The van der Waals surface area contributed by atoms with Crippen LogP contribution in [0.15, 0.2) is 24.3 Å². The van der Waals surface area contributed by atoms with Gasteiger partial charge in [0.25, 0.3) is 5.91 Å². The van der Waals surface area contributed by atoms with Gasteiger partial charge in [-0.05, 0) is 62.8 Å². The van der Waals surface area contributed by atoms with Crippen LogP contribution in [0.2, 0.25) is 0 Å². The largest absolute Gasteiger partial charge is 0.481 e. The second-order valence-corrected chi connectivity index (χ2v) is 7.88. The number of likely N-dealkylation sites (tertiary alicyclic amines) is 1. The van der Waals surface area contributed by atoms with Gasteiger partial charge in [0.1, 0.15) is 0 Å². The third-order valence-corrected chi connectivity index (χ3v) is 6.32. The van der Waals surface area contributed by atoms with Gasteiger partial charge >= 0.3 is 5.97 Å². The summed E-state index contributed by atoms with van der Waals surface area (Å²) in [4.78, 5) is 41.8. The first kappa shape index (κ1) is 19.2. The summed E-state index contributed by atoms with van der Waals surface area (Å²) in [6.45, 7) is 2.66. The van der Waals surface area contributed by atoms with Gasteiger partial charge in [-0.2, -0.15) is 4.89 Å². The van der Waals surface area contributed by atoms with Crippen molar-refractivity contribution in [1.29, 1.82) is 0 Å². The molecule has 3 aliphatic rings. The second kappa shape index (κ2) is 7.69. The molecule has 152 valence electrons. The Bertz CT molecular complexity index is 723. The van der Waals surface area contributed by atoms with E-state index in [0.29, 0.717) is 37.2 Å². The van der Waals surface area contributed by atoms with E-state index in [0.717, 1.165) is 30.9 Å². The zero-order valence-electron chi connectivity index (χ0n) is 16.0. The topological polar surface area (TPSA) is 88.5 Å². The normalized spacial score (nSPS) is 25.2. The number of piperidine rings is 1. The number of carbonyl (C=O) groups is 2. The van der Waals surface area contributed by atoms with Crippen molar-refractivity contribution in [2.75, 3.05) is 18.3 Å². The molecular formula is C20H26N2O6. The first-order valence-electron chi connectivity index (χ1n) is 9.93. The summed E-state index contributed by atoms with van der Waals surface area (Å²) in [5, 5.41) is 11.1. The van der Waals surface area contributed by atoms with Crippen LogP contribution in [0.3, 0.4) is 0 Å². The van der Waals surface area contributed by atoms with E-state index < -0.39 is 17.7 Å². The molecule has 0 radical (unpaired) electrons. The number of carboxylic acid groups (broad SMARTS) is 1. The lowest BCUT2D eigenvalue weighted by Crippen LogP contribution is -2.49. The van der Waals surface area contributed by atoms with Crippen LogP contribution in [-0.2, 0) is 19.5 Å². The molecule has 1 unspecified atom stereocenters. The molecule has 2 saturated heterocycles. The highest BCUT2D eigenvalue weighted by Gasteiger charge is 2.48. The van der Waals surface area contributed by atoms with Crippen molar-refractivity contribution in [3.63, 3.8) is 0 Å². The van der Waals surface area contributed by atoms with Crippen LogP contribution in [0.4, 0.5) is 5.69 Å². The van der Waals surface area contributed by atoms with Crippen LogP contribution in [0.25, 0.3) is 0 Å². The summed E-state index contributed by atoms with van der Waals surface area (Å²) in [7, 11) is 0. The average Bonchev–Trinajstić information content (AvgIpc) is 3.40. The van der Waals surface area contributed by atoms with Crippen LogP contribution in [0, 0.1) is 11.3 Å². The molecule has 0 spiro atoms. The molecule has 28 heavy (non-hydrogen) atoms. The molecular weight excluding hydrogens is 364 g/mol. The minimum Gasteiger partial charge on any atom is -0.481 e. The molecule has 8 nitrogen and oxygen atoms in total. The number of nitrogens with zero attached hydrogens (tertiary/aromatic N) is 2. The Hall–Kier alpha value is -2.16. The quantitative estimate of drug-likeness (QED) is 0.790. The first-order valence-corrected chi connectivity index (χ1v) is 9.93. The molecule has 4 rings (SSSR count). The number of hydrogen-bond donors (Lipinski definition) is 1. The molecule has 3 fully saturated rings. The number of aliphatic carboxylic acids is 1. The summed E-state index contributed by atoms with van der Waals surface area (Å²) in [5.41, 5.74) is 0.504. The zero-order valence-corrected chi connectivity index (χ0v) is 16.0. The van der Waals surface area contributed by atoms with Gasteiger partial charge in [-0.3, -0.25) is 9.59 Å². The number of anilines is 1. The second-order valence-electron chi connectivity index (χ2n) is 7.88. The molecule has 0 aromatic heterocycles. The van der Waals surface area contributed by atoms with Gasteiger partial charge in [0.15, 0.2) is 0 Å². The fourth-order valence-electron chi connectivity index (χ4n) is 4.67. The lowest BCUT2D eigenvalue weighted by molar-refractivity contribution is -0.280. The molecule has 0 bridgehead atoms. The summed E-state index contributed by atoms with van der Waals surface area (Å²) >= 11 is 0. The van der Waals surface area contributed by atoms with Crippen LogP contribution >= 0.6 is 0 Å². The number of hydrogen-bond acceptors (Lipinski definition) is 6. The Labute approximate surface area is 163 Å². The van der Waals surface area contributed by atoms with E-state index in [1.54, 1.807) is 36.1 Å². The minimum atomic E-state index is -0.696. The smallest absolute Gasteiger partial charge is 0.310 e. The predicted molar refractivity (Wildman–Crippen MR) is 98.8 cm³/mol. The number of rotatable bonds is 4. The van der Waals surface area contributed by atoms with E-state index >= 15 is 0 Å². The highest BCUT2D eigenvalue weighted by Crippen LogP contribution is 2.47. The molecule has 8 heteroatoms. The molecule has 2 aliphatic heterocycles. The Morgan fingerprint density at radius 2 is 1.75 bits per heavy atom. The van der Waals surface area contributed by atoms with Gasteiger partial charge in [-0.25, -0.2) is 4.84 Å². The maximum Gasteiger partial charge on any atom is 0.310 e. The van der Waals surface area contributed by atoms with Gasteiger partial charge in [-0.1, -0.05) is 23.1 Å². The van der Waals surface area contributed by atoms with Gasteiger partial charge < -0.3 is 10.0 Å². The molecule has 1 aromatic carbocycles. The van der Waals surface area contributed by atoms with Crippen molar-refractivity contribution in [3.8, 4) is 0 Å². The minimum absolute atomic E-state index is 0.0789. The molecule has 1 atom stereocenters. The zero-order chi connectivity index (χ0) is 19.7. The molecule has 1 saturated carbocycles. The van der Waals surface area contributed by atoms with Gasteiger partial charge in [0, 0.05) is 18.7 Å². The maximum absolute atomic E-state index is 12.9. The average molecular weight is 390 g/mol. The SMILES string of the molecule is CC1OON(c2ccc(C(=O)N3CCC(C(=O)O)(C4CCCC4)CC3)cc2)O1. The van der Waals surface area contributed by atoms with Crippen LogP contribution in [0.1, 0.15) is 55.8 Å². The first-order chi connectivity index (χ1) is 13.5. The maximum atomic E-state index is 12.9. The van der Waals surface area contributed by atoms with E-state index in [2.05, 4.69) is 0 Å². The van der Waals surface area contributed by atoms with E-state index in [-0.39, 0.29) is 11.8 Å². The lowest BCUT2D eigenvalue weighted by atomic mass is 9.68. The summed E-state index contributed by atoms with van der Waals surface area (Å²) in [6.07, 6.45) is 4.77. The molecule has 2 heterocycles. The van der Waals surface area contributed by atoms with Gasteiger partial charge in [0.2, 0.25) is 6.29 Å². The Morgan fingerprint density at radius 1 is 1.11 bits per heavy atom. The Balaban J connectivity index is 1.40. The fourth-order valence-corrected chi connectivity index (χ4v) is 4.67. The summed E-state index contributed by atoms with van der Waals surface area (Å²) < 4.78 is 0. The number of amides is 1. The van der Waals surface area contributed by atoms with Crippen molar-refractivity contribution in [2.24, 2.45) is 11.3 Å². The standard InChI is InChI=1S/C20H26N2O6/c1-14-26-22(28-27-14)17-8-6-15(7-9-17)18(23)21-12-10-20(11-13-21,19(24)25)16-4-2-3-5-16/h6-9,14,16H,2-5,10-13H2,1H3,(H,24,25). The molecule has 1 amide bonds. The Kier molecular flexibility index (Phi) is 5.27. The van der Waals surface area contributed by atoms with Crippen molar-refractivity contribution in [3.05, 3.63) is 29.8 Å². The van der Waals surface area contributed by atoms with Crippen molar-refractivity contribution in [1.82, 2.24) is 4.90 Å². The monoisotopic (exact) mass is 390 g/mol. The molecule has 1 aromatic rings. The molecule has 1 aliphatic carbocycles. The van der Waals surface area contributed by atoms with Crippen LogP contribution < -0.4 is 5.23 Å². The van der Waals surface area contributed by atoms with Gasteiger partial charge in [0.05, 0.1) is 11.1 Å². The fraction of sp³-hybridized carbons (Fsp3) is 0.600. The van der Waals surface area contributed by atoms with E-state index in [1.165, 1.54) is 0 Å². The predicted octanol–water partition coefficient (Wildman–Crippen LogP) is 3.14. The highest BCUT2D eigenvalue weighted by molar-refractivity contribution is 5.94. The highest BCUT2D eigenvalue weighted by atomic mass is 17.4. The number of carboxylic acids is 1. The van der Waals surface area contributed by atoms with E-state index in [4.69, 9.17) is 14.7 Å². The number of benzene rings is 1. The Morgan fingerprint density at radius 3 is 2.29 bits per heavy atom. The summed E-state index contributed by atoms with van der Waals surface area (Å²) in [6, 6.07) is 6.87. The third-order valence-electron chi connectivity index (χ3n) is 6.32. The van der Waals surface area contributed by atoms with Crippen molar-refractivity contribution >= 4 is 17.6 Å². The van der Waals surface area contributed by atoms with Crippen LogP contribution in [0.5, 0.6) is 0 Å². The third kappa shape index (κ3) is 3.47. The van der Waals surface area contributed by atoms with Crippen LogP contribution in [-0.4, -0.2) is 41.3 Å². The van der Waals surface area contributed by atoms with E-state index in [9.17, 15) is 14.7 Å². The van der Waals surface area contributed by atoms with E-state index in [1.807, 2.05) is 0 Å². The summed E-state index contributed by atoms with van der Waals surface area (Å²) in [5.74, 6) is -0.533. The van der Waals surface area contributed by atoms with Crippen molar-refractivity contribution in [2.45, 2.75) is 51.7 Å². The van der Waals surface area contributed by atoms with Gasteiger partial charge in [-0.15, -0.1) is 0 Å². The lowest BCUT2D eigenvalue weighted by Gasteiger charge is -2.42. The van der Waals surface area contributed by atoms with Crippen molar-refractivity contribution < 1.29 is 29.4 Å². The number of carbonyl (C=O) groups excluding carboxylic acids is 1.